The van der Waals surface area contributed by atoms with Gasteiger partial charge in [0.2, 0.25) is 0 Å². The second-order valence-electron chi connectivity index (χ2n) is 13.7. The second kappa shape index (κ2) is 11.9. The van der Waals surface area contributed by atoms with Crippen molar-refractivity contribution in [3.05, 3.63) is 194 Å². The highest BCUT2D eigenvalue weighted by Gasteiger charge is 2.20. The summed E-state index contributed by atoms with van der Waals surface area (Å²) >= 11 is 1.87. The number of benzene rings is 9. The Kier molecular flexibility index (Phi) is 6.76. The van der Waals surface area contributed by atoms with Crippen LogP contribution >= 0.6 is 11.3 Å². The lowest BCUT2D eigenvalue weighted by Gasteiger charge is -2.26. The van der Waals surface area contributed by atoms with E-state index in [-0.39, 0.29) is 0 Å². The molecule has 0 amide bonds. The Labute approximate surface area is 311 Å². The first kappa shape index (κ1) is 30.0. The largest absolute Gasteiger partial charge is 0.309 e. The fourth-order valence-corrected chi connectivity index (χ4v) is 9.56. The molecular formula is C50H32N2S. The Morgan fingerprint density at radius 2 is 1.00 bits per heavy atom. The molecule has 3 heteroatoms. The van der Waals surface area contributed by atoms with Gasteiger partial charge in [0.1, 0.15) is 0 Å². The second-order valence-corrected chi connectivity index (χ2v) is 14.8. The third-order valence-electron chi connectivity index (χ3n) is 10.8. The van der Waals surface area contributed by atoms with Crippen LogP contribution < -0.4 is 4.90 Å². The molecule has 2 heterocycles. The molecule has 9 aromatic carbocycles. The molecule has 0 saturated heterocycles. The van der Waals surface area contributed by atoms with E-state index in [4.69, 9.17) is 0 Å². The smallest absolute Gasteiger partial charge is 0.0640 e. The predicted molar refractivity (Wildman–Crippen MR) is 229 cm³/mol. The number of hydrogen-bond donors (Lipinski definition) is 0. The quantitative estimate of drug-likeness (QED) is 0.174. The molecule has 11 rings (SSSR count). The number of thiophene rings is 1. The van der Waals surface area contributed by atoms with E-state index in [1.165, 1.54) is 80.3 Å². The Morgan fingerprint density at radius 1 is 0.396 bits per heavy atom. The van der Waals surface area contributed by atoms with Crippen molar-refractivity contribution in [2.75, 3.05) is 4.90 Å². The molecular weight excluding hydrogens is 661 g/mol. The molecule has 0 saturated carbocycles. The lowest BCUT2D eigenvalue weighted by atomic mass is 9.98. The van der Waals surface area contributed by atoms with Gasteiger partial charge >= 0.3 is 0 Å². The van der Waals surface area contributed by atoms with Crippen LogP contribution in [0.5, 0.6) is 0 Å². The van der Waals surface area contributed by atoms with Gasteiger partial charge in [-0.1, -0.05) is 140 Å². The predicted octanol–water partition coefficient (Wildman–Crippen LogP) is 14.6. The van der Waals surface area contributed by atoms with E-state index in [0.29, 0.717) is 0 Å². The molecule has 11 aromatic rings. The number of rotatable bonds is 5. The molecule has 0 atom stereocenters. The SMILES string of the molecule is c1ccc2c(-c3ccc(N(c4ccc(-n5c6ccccc6c6ccc7ccccc7c65)cc4)c4cccc5c4sc4ccccc45)cc3)cccc2c1. The minimum atomic E-state index is 1.11. The Bertz CT molecular complexity index is 3160. The molecule has 0 aliphatic heterocycles. The van der Waals surface area contributed by atoms with Crippen molar-refractivity contribution >= 4 is 91.9 Å². The van der Waals surface area contributed by atoms with Crippen LogP contribution in [-0.2, 0) is 0 Å². The monoisotopic (exact) mass is 692 g/mol. The molecule has 0 unspecified atom stereocenters. The number of hydrogen-bond acceptors (Lipinski definition) is 2. The van der Waals surface area contributed by atoms with Gasteiger partial charge in [-0.05, 0) is 81.9 Å². The number of para-hydroxylation sites is 1. The molecule has 0 spiro atoms. The molecule has 2 aromatic heterocycles. The van der Waals surface area contributed by atoms with Gasteiger partial charge in [-0.25, -0.2) is 0 Å². The zero-order valence-electron chi connectivity index (χ0n) is 28.8. The van der Waals surface area contributed by atoms with Gasteiger partial charge in [0.05, 0.1) is 21.4 Å². The third kappa shape index (κ3) is 4.71. The zero-order chi connectivity index (χ0) is 34.9. The van der Waals surface area contributed by atoms with Gasteiger partial charge in [0, 0.05) is 48.7 Å². The van der Waals surface area contributed by atoms with E-state index < -0.39 is 0 Å². The van der Waals surface area contributed by atoms with Crippen molar-refractivity contribution in [3.63, 3.8) is 0 Å². The first-order chi connectivity index (χ1) is 26.3. The van der Waals surface area contributed by atoms with Crippen LogP contribution in [0.2, 0.25) is 0 Å². The van der Waals surface area contributed by atoms with E-state index in [1.807, 2.05) is 11.3 Å². The number of anilines is 3. The third-order valence-corrected chi connectivity index (χ3v) is 12.0. The van der Waals surface area contributed by atoms with Gasteiger partial charge < -0.3 is 9.47 Å². The summed E-state index contributed by atoms with van der Waals surface area (Å²) in [4.78, 5) is 2.43. The highest BCUT2D eigenvalue weighted by Crippen LogP contribution is 2.45. The van der Waals surface area contributed by atoms with Crippen molar-refractivity contribution in [3.8, 4) is 16.8 Å². The maximum absolute atomic E-state index is 2.44. The van der Waals surface area contributed by atoms with Crippen molar-refractivity contribution in [1.82, 2.24) is 4.57 Å². The van der Waals surface area contributed by atoms with Crippen molar-refractivity contribution in [2.24, 2.45) is 0 Å². The molecule has 0 aliphatic rings. The molecule has 0 fully saturated rings. The van der Waals surface area contributed by atoms with E-state index in [0.717, 1.165) is 17.1 Å². The maximum Gasteiger partial charge on any atom is 0.0640 e. The Morgan fingerprint density at radius 3 is 1.81 bits per heavy atom. The van der Waals surface area contributed by atoms with Crippen molar-refractivity contribution in [2.45, 2.75) is 0 Å². The van der Waals surface area contributed by atoms with Crippen LogP contribution in [0.1, 0.15) is 0 Å². The van der Waals surface area contributed by atoms with Crippen LogP contribution in [0.15, 0.2) is 194 Å². The summed E-state index contributed by atoms with van der Waals surface area (Å²) in [5.41, 5.74) is 9.46. The van der Waals surface area contributed by atoms with Crippen LogP contribution in [0.4, 0.5) is 17.1 Å². The van der Waals surface area contributed by atoms with Crippen LogP contribution in [0.3, 0.4) is 0 Å². The highest BCUT2D eigenvalue weighted by molar-refractivity contribution is 7.26. The summed E-state index contributed by atoms with van der Waals surface area (Å²) in [7, 11) is 0. The summed E-state index contributed by atoms with van der Waals surface area (Å²) in [6.07, 6.45) is 0. The number of nitrogens with zero attached hydrogens (tertiary/aromatic N) is 2. The molecule has 2 nitrogen and oxygen atoms in total. The summed E-state index contributed by atoms with van der Waals surface area (Å²) in [6, 6.07) is 70.9. The Balaban J connectivity index is 1.10. The zero-order valence-corrected chi connectivity index (χ0v) is 29.6. The molecule has 0 bridgehead atoms. The topological polar surface area (TPSA) is 8.17 Å². The fraction of sp³-hybridized carbons (Fsp3) is 0. The van der Waals surface area contributed by atoms with Gasteiger partial charge in [-0.2, -0.15) is 0 Å². The normalized spacial score (nSPS) is 11.8. The first-order valence-electron chi connectivity index (χ1n) is 18.1. The maximum atomic E-state index is 2.44. The van der Waals surface area contributed by atoms with Gasteiger partial charge in [0.15, 0.2) is 0 Å². The molecule has 0 N–H and O–H groups in total. The fourth-order valence-electron chi connectivity index (χ4n) is 8.35. The van der Waals surface area contributed by atoms with Gasteiger partial charge in [-0.15, -0.1) is 11.3 Å². The summed E-state index contributed by atoms with van der Waals surface area (Å²) in [6.45, 7) is 0. The van der Waals surface area contributed by atoms with E-state index in [1.54, 1.807) is 0 Å². The lowest BCUT2D eigenvalue weighted by Crippen LogP contribution is -2.10. The lowest BCUT2D eigenvalue weighted by molar-refractivity contribution is 1.18. The molecule has 53 heavy (non-hydrogen) atoms. The summed E-state index contributed by atoms with van der Waals surface area (Å²) < 4.78 is 5.02. The standard InChI is InChI=1S/C50H32N2S/c1-3-14-39-33(11-1)13-9-18-40(39)35-23-26-36(27-24-35)51(47-21-10-19-45-43-17-6-8-22-48(43)53-50(45)47)37-28-30-38(31-29-37)52-46-20-7-5-16-42(46)44-32-25-34-12-2-4-15-41(34)49(44)52/h1-32H. The number of fused-ring (bicyclic) bond motifs is 9. The Hall–Kier alpha value is -6.68. The first-order valence-corrected chi connectivity index (χ1v) is 18.9. The summed E-state index contributed by atoms with van der Waals surface area (Å²) in [5, 5.41) is 10.1. The molecule has 0 aliphatic carbocycles. The van der Waals surface area contributed by atoms with Gasteiger partial charge in [0.25, 0.3) is 0 Å². The highest BCUT2D eigenvalue weighted by atomic mass is 32.1. The van der Waals surface area contributed by atoms with Gasteiger partial charge in [-0.3, -0.25) is 0 Å². The van der Waals surface area contributed by atoms with Crippen LogP contribution in [0, 0.1) is 0 Å². The average Bonchev–Trinajstić information content (AvgIpc) is 3.78. The minimum absolute atomic E-state index is 1.11. The molecule has 0 radical (unpaired) electrons. The van der Waals surface area contributed by atoms with Crippen LogP contribution in [-0.4, -0.2) is 4.57 Å². The summed E-state index contributed by atoms with van der Waals surface area (Å²) in [5.74, 6) is 0. The van der Waals surface area contributed by atoms with E-state index >= 15 is 0 Å². The van der Waals surface area contributed by atoms with Crippen molar-refractivity contribution < 1.29 is 0 Å². The number of aromatic nitrogens is 1. The average molecular weight is 693 g/mol. The minimum Gasteiger partial charge on any atom is -0.309 e. The molecule has 248 valence electrons. The van der Waals surface area contributed by atoms with E-state index in [2.05, 4.69) is 204 Å². The van der Waals surface area contributed by atoms with Crippen LogP contribution in [0.25, 0.3) is 80.3 Å². The van der Waals surface area contributed by atoms with Crippen molar-refractivity contribution in [1.29, 1.82) is 0 Å². The van der Waals surface area contributed by atoms with E-state index in [9.17, 15) is 0 Å².